The van der Waals surface area contributed by atoms with Crippen molar-refractivity contribution in [2.24, 2.45) is 10.3 Å². The summed E-state index contributed by atoms with van der Waals surface area (Å²) in [6.45, 7) is 0.749. The fourth-order valence-electron chi connectivity index (χ4n) is 3.37. The first-order valence-corrected chi connectivity index (χ1v) is 9.47. The number of hydrogen-bond donors (Lipinski definition) is 2. The van der Waals surface area contributed by atoms with Crippen molar-refractivity contribution >= 4 is 28.2 Å². The van der Waals surface area contributed by atoms with Gasteiger partial charge in [-0.1, -0.05) is 23.7 Å². The zero-order valence-electron chi connectivity index (χ0n) is 13.6. The van der Waals surface area contributed by atoms with Gasteiger partial charge in [0.25, 0.3) is 0 Å². The molecular weight excluding hydrogens is 368 g/mol. The number of carbonyl (C=O) groups is 1. The Morgan fingerprint density at radius 2 is 2.20 bits per heavy atom. The van der Waals surface area contributed by atoms with E-state index in [4.69, 9.17) is 11.6 Å². The van der Waals surface area contributed by atoms with Crippen LogP contribution in [0.2, 0.25) is 5.02 Å². The average molecular weight is 389 g/mol. The molecule has 0 saturated carbocycles. The van der Waals surface area contributed by atoms with Crippen LogP contribution in [-0.4, -0.2) is 49.3 Å². The Balaban J connectivity index is 2.27. The summed E-state index contributed by atoms with van der Waals surface area (Å²) in [6.07, 6.45) is 0.966. The average Bonchev–Trinajstić information content (AvgIpc) is 2.58. The van der Waals surface area contributed by atoms with Crippen molar-refractivity contribution in [1.82, 2.24) is 4.90 Å². The fourth-order valence-corrected chi connectivity index (χ4v) is 3.84. The molecule has 1 aromatic rings. The van der Waals surface area contributed by atoms with E-state index in [9.17, 15) is 23.4 Å². The van der Waals surface area contributed by atoms with Gasteiger partial charge in [-0.25, -0.2) is 4.79 Å². The minimum Gasteiger partial charge on any atom is -0.465 e. The highest BCUT2D eigenvalue weighted by atomic mass is 35.5. The first-order chi connectivity index (χ1) is 11.8. The molecule has 9 heteroatoms. The molecule has 2 N–H and O–H groups in total. The van der Waals surface area contributed by atoms with Crippen molar-refractivity contribution in [3.8, 4) is 0 Å². The lowest BCUT2D eigenvalue weighted by molar-refractivity contribution is -0.0571. The van der Waals surface area contributed by atoms with Crippen LogP contribution in [0.15, 0.2) is 28.6 Å². The first-order valence-electron chi connectivity index (χ1n) is 8.06. The van der Waals surface area contributed by atoms with Gasteiger partial charge < -0.3 is 15.1 Å². The predicted molar refractivity (Wildman–Crippen MR) is 93.1 cm³/mol. The SMILES string of the molecule is O=C(O)N1CCCC(C(O)(CCCN=S(=O)=O)c2cccc(Cl)c2)C1. The van der Waals surface area contributed by atoms with Crippen LogP contribution in [0.4, 0.5) is 4.79 Å². The topological polar surface area (TPSA) is 107 Å². The van der Waals surface area contributed by atoms with Crippen LogP contribution in [0.25, 0.3) is 0 Å². The fraction of sp³-hybridized carbons (Fsp3) is 0.562. The minimum atomic E-state index is -2.47. The second kappa shape index (κ2) is 8.64. The maximum Gasteiger partial charge on any atom is 0.407 e. The molecule has 1 saturated heterocycles. The largest absolute Gasteiger partial charge is 0.465 e. The van der Waals surface area contributed by atoms with E-state index in [1.54, 1.807) is 24.3 Å². The molecule has 1 heterocycles. The third kappa shape index (κ3) is 5.17. The van der Waals surface area contributed by atoms with E-state index in [2.05, 4.69) is 4.36 Å². The van der Waals surface area contributed by atoms with Gasteiger partial charge >= 0.3 is 16.6 Å². The van der Waals surface area contributed by atoms with Crippen LogP contribution in [-0.2, 0) is 16.1 Å². The maximum atomic E-state index is 11.4. The Hall–Kier alpha value is -1.64. The Morgan fingerprint density at radius 3 is 2.84 bits per heavy atom. The van der Waals surface area contributed by atoms with Crippen molar-refractivity contribution in [3.63, 3.8) is 0 Å². The lowest BCUT2D eigenvalue weighted by atomic mass is 9.74. The van der Waals surface area contributed by atoms with E-state index < -0.39 is 22.2 Å². The van der Waals surface area contributed by atoms with Gasteiger partial charge in [0, 0.05) is 24.0 Å². The highest BCUT2D eigenvalue weighted by Gasteiger charge is 2.41. The highest BCUT2D eigenvalue weighted by molar-refractivity contribution is 7.61. The van der Waals surface area contributed by atoms with E-state index in [1.807, 2.05) is 0 Å². The number of amides is 1. The summed E-state index contributed by atoms with van der Waals surface area (Å²) in [4.78, 5) is 12.6. The summed E-state index contributed by atoms with van der Waals surface area (Å²) in [5.41, 5.74) is -0.681. The molecule has 0 bridgehead atoms. The van der Waals surface area contributed by atoms with Crippen molar-refractivity contribution in [2.75, 3.05) is 19.6 Å². The maximum absolute atomic E-state index is 11.4. The molecular formula is C16H21ClN2O5S. The number of hydrogen-bond acceptors (Lipinski definition) is 5. The van der Waals surface area contributed by atoms with E-state index in [1.165, 1.54) is 4.90 Å². The number of carboxylic acid groups (broad SMARTS) is 1. The number of aliphatic hydroxyl groups is 1. The molecule has 7 nitrogen and oxygen atoms in total. The number of rotatable bonds is 6. The molecule has 1 fully saturated rings. The number of halogens is 1. The number of piperidine rings is 1. The molecule has 0 aromatic heterocycles. The van der Waals surface area contributed by atoms with E-state index >= 15 is 0 Å². The van der Waals surface area contributed by atoms with Gasteiger partial charge in [-0.3, -0.25) is 0 Å². The second-order valence-electron chi connectivity index (χ2n) is 6.18. The van der Waals surface area contributed by atoms with Gasteiger partial charge in [0.2, 0.25) is 0 Å². The van der Waals surface area contributed by atoms with Gasteiger partial charge in [-0.2, -0.15) is 12.8 Å². The Labute approximate surface area is 152 Å². The standard InChI is InChI=1S/C16H21ClN2O5S/c17-14-6-1-4-12(10-14)16(22,7-3-8-18-25(23)24)13-5-2-9-19(11-13)15(20)21/h1,4,6,10,13,22H,2-3,5,7-9,11H2,(H,20,21). The zero-order valence-corrected chi connectivity index (χ0v) is 15.2. The summed E-state index contributed by atoms with van der Waals surface area (Å²) >= 11 is 6.06. The Morgan fingerprint density at radius 1 is 1.44 bits per heavy atom. The summed E-state index contributed by atoms with van der Waals surface area (Å²) in [5, 5.41) is 21.2. The second-order valence-corrected chi connectivity index (χ2v) is 7.30. The lowest BCUT2D eigenvalue weighted by Gasteiger charge is -2.42. The van der Waals surface area contributed by atoms with Crippen LogP contribution in [0.1, 0.15) is 31.2 Å². The quantitative estimate of drug-likeness (QED) is 0.728. The smallest absolute Gasteiger partial charge is 0.407 e. The molecule has 138 valence electrons. The van der Waals surface area contributed by atoms with Crippen LogP contribution in [0.3, 0.4) is 0 Å². The van der Waals surface area contributed by atoms with Gasteiger partial charge in [0.1, 0.15) is 0 Å². The van der Waals surface area contributed by atoms with Gasteiger partial charge in [0.15, 0.2) is 0 Å². The molecule has 25 heavy (non-hydrogen) atoms. The van der Waals surface area contributed by atoms with Gasteiger partial charge in [-0.15, -0.1) is 0 Å². The summed E-state index contributed by atoms with van der Waals surface area (Å²) in [5.74, 6) is -0.298. The van der Waals surface area contributed by atoms with E-state index in [0.717, 1.165) is 0 Å². The molecule has 1 amide bonds. The lowest BCUT2D eigenvalue weighted by Crippen LogP contribution is -2.47. The first kappa shape index (κ1) is 19.7. The Kier molecular flexibility index (Phi) is 6.80. The van der Waals surface area contributed by atoms with Crippen LogP contribution in [0.5, 0.6) is 0 Å². The van der Waals surface area contributed by atoms with Crippen LogP contribution in [0, 0.1) is 5.92 Å². The third-order valence-corrected chi connectivity index (χ3v) is 5.23. The summed E-state index contributed by atoms with van der Waals surface area (Å²) in [6, 6.07) is 6.86. The molecule has 1 aliphatic heterocycles. The summed E-state index contributed by atoms with van der Waals surface area (Å²) < 4.78 is 24.5. The molecule has 2 rings (SSSR count). The van der Waals surface area contributed by atoms with Crippen molar-refractivity contribution in [2.45, 2.75) is 31.3 Å². The van der Waals surface area contributed by atoms with Gasteiger partial charge in [0.05, 0.1) is 12.1 Å². The van der Waals surface area contributed by atoms with Crippen LogP contribution >= 0.6 is 11.6 Å². The predicted octanol–water partition coefficient (Wildman–Crippen LogP) is 2.76. The third-order valence-electron chi connectivity index (χ3n) is 4.60. The monoisotopic (exact) mass is 388 g/mol. The molecule has 0 spiro atoms. The number of likely N-dealkylation sites (tertiary alicyclic amines) is 1. The molecule has 1 aliphatic rings. The molecule has 0 radical (unpaired) electrons. The molecule has 2 atom stereocenters. The minimum absolute atomic E-state index is 0.0777. The van der Waals surface area contributed by atoms with Crippen LogP contribution < -0.4 is 0 Å². The number of nitrogens with zero attached hydrogens (tertiary/aromatic N) is 2. The molecule has 1 aromatic carbocycles. The highest BCUT2D eigenvalue weighted by Crippen LogP contribution is 2.40. The zero-order chi connectivity index (χ0) is 18.4. The summed E-state index contributed by atoms with van der Waals surface area (Å²) in [7, 11) is -2.47. The van der Waals surface area contributed by atoms with E-state index in [0.29, 0.717) is 36.4 Å². The Bertz CT molecular complexity index is 747. The van der Waals surface area contributed by atoms with Crippen molar-refractivity contribution < 1.29 is 23.4 Å². The normalized spacial score (nSPS) is 19.9. The van der Waals surface area contributed by atoms with Crippen molar-refractivity contribution in [3.05, 3.63) is 34.9 Å². The van der Waals surface area contributed by atoms with Crippen molar-refractivity contribution in [1.29, 1.82) is 0 Å². The molecule has 0 aliphatic carbocycles. The number of benzene rings is 1. The van der Waals surface area contributed by atoms with Gasteiger partial charge in [-0.05, 0) is 43.4 Å². The van der Waals surface area contributed by atoms with E-state index in [-0.39, 0.29) is 25.4 Å². The molecule has 2 unspecified atom stereocenters.